The number of benzene rings is 2. The maximum Gasteiger partial charge on any atom is 0.253 e. The number of nitrogens with zero attached hydrogens (tertiary/aromatic N) is 1. The van der Waals surface area contributed by atoms with E-state index >= 15 is 0 Å². The van der Waals surface area contributed by atoms with Gasteiger partial charge in [0.05, 0.1) is 0 Å². The Labute approximate surface area is 130 Å². The largest absolute Gasteiger partial charge is 0.338 e. The average Bonchev–Trinajstić information content (AvgIpc) is 3.05. The zero-order valence-corrected chi connectivity index (χ0v) is 12.7. The molecule has 0 bridgehead atoms. The second kappa shape index (κ2) is 6.14. The summed E-state index contributed by atoms with van der Waals surface area (Å²) in [7, 11) is 0. The van der Waals surface area contributed by atoms with E-state index in [4.69, 9.17) is 0 Å². The lowest BCUT2D eigenvalue weighted by molar-refractivity contribution is 0.0790. The van der Waals surface area contributed by atoms with E-state index in [-0.39, 0.29) is 11.7 Å². The molecule has 22 heavy (non-hydrogen) atoms. The Kier molecular flexibility index (Phi) is 4.05. The number of amides is 1. The molecule has 0 aliphatic carbocycles. The Morgan fingerprint density at radius 1 is 0.955 bits per heavy atom. The van der Waals surface area contributed by atoms with Crippen molar-refractivity contribution in [3.05, 3.63) is 71.3 Å². The fourth-order valence-electron chi connectivity index (χ4n) is 2.97. The predicted octanol–water partition coefficient (Wildman–Crippen LogP) is 3.52. The lowest BCUT2D eigenvalue weighted by Gasteiger charge is -2.17. The lowest BCUT2D eigenvalue weighted by atomic mass is 9.99. The normalized spacial score (nSPS) is 17.5. The molecule has 0 radical (unpaired) electrons. The van der Waals surface area contributed by atoms with Gasteiger partial charge in [0.15, 0.2) is 5.78 Å². The van der Waals surface area contributed by atoms with Crippen LogP contribution in [0.1, 0.15) is 45.5 Å². The number of Topliss-reactive ketones (excluding diaryl/α,β-unsaturated/α-hetero) is 1. The first kappa shape index (κ1) is 14.5. The first-order chi connectivity index (χ1) is 10.6. The van der Waals surface area contributed by atoms with Gasteiger partial charge in [-0.05, 0) is 31.0 Å². The Bertz CT molecular complexity index is 676. The van der Waals surface area contributed by atoms with E-state index in [0.717, 1.165) is 19.5 Å². The molecule has 3 heteroatoms. The van der Waals surface area contributed by atoms with Crippen LogP contribution in [0.25, 0.3) is 0 Å². The molecule has 3 rings (SSSR count). The molecule has 0 saturated carbocycles. The van der Waals surface area contributed by atoms with Crippen molar-refractivity contribution in [1.29, 1.82) is 0 Å². The fourth-order valence-corrected chi connectivity index (χ4v) is 2.97. The summed E-state index contributed by atoms with van der Waals surface area (Å²) in [6, 6.07) is 17.3. The Balaban J connectivity index is 1.70. The molecule has 1 atom stereocenters. The highest BCUT2D eigenvalue weighted by Crippen LogP contribution is 2.27. The first-order valence-corrected chi connectivity index (χ1v) is 7.60. The van der Waals surface area contributed by atoms with E-state index in [1.54, 1.807) is 24.3 Å². The van der Waals surface area contributed by atoms with Gasteiger partial charge in [0, 0.05) is 30.1 Å². The van der Waals surface area contributed by atoms with Crippen molar-refractivity contribution < 1.29 is 9.59 Å². The molecule has 1 fully saturated rings. The van der Waals surface area contributed by atoms with Crippen LogP contribution in [0.3, 0.4) is 0 Å². The van der Waals surface area contributed by atoms with Gasteiger partial charge in [0.2, 0.25) is 0 Å². The summed E-state index contributed by atoms with van der Waals surface area (Å²) in [4.78, 5) is 25.7. The third-order valence-corrected chi connectivity index (χ3v) is 4.28. The monoisotopic (exact) mass is 293 g/mol. The molecule has 1 amide bonds. The van der Waals surface area contributed by atoms with Crippen molar-refractivity contribution in [1.82, 2.24) is 4.90 Å². The fraction of sp³-hybridized carbons (Fsp3) is 0.263. The Morgan fingerprint density at radius 2 is 1.59 bits per heavy atom. The number of rotatable bonds is 3. The van der Waals surface area contributed by atoms with Crippen LogP contribution >= 0.6 is 0 Å². The molecule has 2 aromatic rings. The highest BCUT2D eigenvalue weighted by atomic mass is 16.2. The summed E-state index contributed by atoms with van der Waals surface area (Å²) in [5, 5.41) is 0. The van der Waals surface area contributed by atoms with E-state index in [9.17, 15) is 9.59 Å². The van der Waals surface area contributed by atoms with E-state index in [1.807, 2.05) is 23.1 Å². The molecular formula is C19H19NO2. The van der Waals surface area contributed by atoms with E-state index < -0.39 is 0 Å². The molecule has 1 saturated heterocycles. The van der Waals surface area contributed by atoms with Crippen LogP contribution in [-0.4, -0.2) is 29.7 Å². The van der Waals surface area contributed by atoms with Gasteiger partial charge in [-0.1, -0.05) is 42.5 Å². The number of likely N-dealkylation sites (tertiary alicyclic amines) is 1. The van der Waals surface area contributed by atoms with Crippen molar-refractivity contribution in [2.24, 2.45) is 0 Å². The summed E-state index contributed by atoms with van der Waals surface area (Å²) in [5.41, 5.74) is 2.59. The smallest absolute Gasteiger partial charge is 0.253 e. The molecule has 0 spiro atoms. The molecule has 112 valence electrons. The maximum atomic E-state index is 12.5. The minimum absolute atomic E-state index is 0.0179. The number of hydrogen-bond acceptors (Lipinski definition) is 2. The number of hydrogen-bond donors (Lipinski definition) is 0. The number of carbonyl (C=O) groups is 2. The third kappa shape index (κ3) is 2.93. The van der Waals surface area contributed by atoms with Gasteiger partial charge in [-0.3, -0.25) is 9.59 Å². The van der Waals surface area contributed by atoms with Gasteiger partial charge in [-0.15, -0.1) is 0 Å². The van der Waals surface area contributed by atoms with Crippen LogP contribution in [0.5, 0.6) is 0 Å². The second-order valence-corrected chi connectivity index (χ2v) is 5.78. The van der Waals surface area contributed by atoms with Gasteiger partial charge in [0.25, 0.3) is 5.91 Å². The van der Waals surface area contributed by atoms with Crippen molar-refractivity contribution in [3.63, 3.8) is 0 Å². The van der Waals surface area contributed by atoms with Crippen molar-refractivity contribution in [2.45, 2.75) is 19.3 Å². The minimum atomic E-state index is 0.0179. The molecule has 3 nitrogen and oxygen atoms in total. The van der Waals surface area contributed by atoms with Gasteiger partial charge in [-0.2, -0.15) is 0 Å². The Morgan fingerprint density at radius 3 is 2.23 bits per heavy atom. The molecule has 0 aromatic heterocycles. The summed E-state index contributed by atoms with van der Waals surface area (Å²) in [6.45, 7) is 3.08. The quantitative estimate of drug-likeness (QED) is 0.812. The van der Waals surface area contributed by atoms with Gasteiger partial charge in [-0.25, -0.2) is 0 Å². The molecule has 1 unspecified atom stereocenters. The molecular weight excluding hydrogens is 274 g/mol. The van der Waals surface area contributed by atoms with Crippen LogP contribution < -0.4 is 0 Å². The zero-order chi connectivity index (χ0) is 15.5. The van der Waals surface area contributed by atoms with Crippen LogP contribution in [0, 0.1) is 0 Å². The van der Waals surface area contributed by atoms with Gasteiger partial charge in [0.1, 0.15) is 0 Å². The highest BCUT2D eigenvalue weighted by Gasteiger charge is 2.27. The van der Waals surface area contributed by atoms with Crippen LogP contribution in [0.4, 0.5) is 0 Å². The van der Waals surface area contributed by atoms with Crippen LogP contribution in [-0.2, 0) is 0 Å². The zero-order valence-electron chi connectivity index (χ0n) is 12.7. The van der Waals surface area contributed by atoms with E-state index in [2.05, 4.69) is 12.1 Å². The Hall–Kier alpha value is -2.42. The average molecular weight is 293 g/mol. The predicted molar refractivity (Wildman–Crippen MR) is 86.2 cm³/mol. The van der Waals surface area contributed by atoms with Crippen molar-refractivity contribution in [3.8, 4) is 0 Å². The molecule has 1 aliphatic rings. The highest BCUT2D eigenvalue weighted by molar-refractivity contribution is 5.97. The van der Waals surface area contributed by atoms with Gasteiger partial charge < -0.3 is 4.90 Å². The molecule has 1 aliphatic heterocycles. The van der Waals surface area contributed by atoms with Gasteiger partial charge >= 0.3 is 0 Å². The lowest BCUT2D eigenvalue weighted by Crippen LogP contribution is -2.28. The molecule has 0 N–H and O–H groups in total. The van der Waals surface area contributed by atoms with Crippen LogP contribution in [0.2, 0.25) is 0 Å². The third-order valence-electron chi connectivity index (χ3n) is 4.28. The van der Waals surface area contributed by atoms with Crippen molar-refractivity contribution in [2.75, 3.05) is 13.1 Å². The summed E-state index contributed by atoms with van der Waals surface area (Å²) in [5.74, 6) is 0.486. The number of carbonyl (C=O) groups excluding carboxylic acids is 2. The number of ketones is 1. The second-order valence-electron chi connectivity index (χ2n) is 5.78. The topological polar surface area (TPSA) is 37.4 Å². The first-order valence-electron chi connectivity index (χ1n) is 7.60. The minimum Gasteiger partial charge on any atom is -0.338 e. The summed E-state index contributed by atoms with van der Waals surface area (Å²) in [6.07, 6.45) is 1.00. The van der Waals surface area contributed by atoms with E-state index in [1.165, 1.54) is 12.5 Å². The molecule has 1 heterocycles. The maximum absolute atomic E-state index is 12.5. The van der Waals surface area contributed by atoms with Crippen molar-refractivity contribution >= 4 is 11.7 Å². The summed E-state index contributed by atoms with van der Waals surface area (Å²) < 4.78 is 0. The standard InChI is InChI=1S/C19H19NO2/c1-14(21)15-7-9-17(10-8-15)19(22)20-12-11-18(13-20)16-5-3-2-4-6-16/h2-10,18H,11-13H2,1H3. The van der Waals surface area contributed by atoms with E-state index in [0.29, 0.717) is 17.0 Å². The summed E-state index contributed by atoms with van der Waals surface area (Å²) >= 11 is 0. The molecule has 2 aromatic carbocycles. The van der Waals surface area contributed by atoms with Crippen LogP contribution in [0.15, 0.2) is 54.6 Å². The SMILES string of the molecule is CC(=O)c1ccc(C(=O)N2CCC(c3ccccc3)C2)cc1.